The molecule has 0 aromatic rings. The fraction of sp³-hybridized carbons (Fsp3) is 0.960. The summed E-state index contributed by atoms with van der Waals surface area (Å²) >= 11 is 0. The second-order valence-electron chi connectivity index (χ2n) is 9.03. The summed E-state index contributed by atoms with van der Waals surface area (Å²) in [6.07, 6.45) is 21.3. The van der Waals surface area contributed by atoms with E-state index in [9.17, 15) is 9.90 Å². The summed E-state index contributed by atoms with van der Waals surface area (Å²) < 4.78 is 0. The molecular weight excluding hydrogens is 332 g/mol. The molecule has 0 bridgehead atoms. The molecule has 27 heavy (non-hydrogen) atoms. The van der Waals surface area contributed by atoms with Crippen LogP contribution in [0.5, 0.6) is 0 Å². The molecule has 0 rings (SSSR count). The molecular formula is C25H50O2. The first-order valence-electron chi connectivity index (χ1n) is 12.3. The fourth-order valence-electron chi connectivity index (χ4n) is 4.39. The lowest BCUT2D eigenvalue weighted by Gasteiger charge is -2.23. The van der Waals surface area contributed by atoms with Crippen molar-refractivity contribution in [3.05, 3.63) is 0 Å². The molecule has 0 saturated carbocycles. The van der Waals surface area contributed by atoms with Crippen molar-refractivity contribution in [3.63, 3.8) is 0 Å². The molecule has 0 aliphatic rings. The summed E-state index contributed by atoms with van der Waals surface area (Å²) in [5.74, 6) is 0.457. The predicted molar refractivity (Wildman–Crippen MR) is 119 cm³/mol. The zero-order chi connectivity index (χ0) is 20.3. The monoisotopic (exact) mass is 382 g/mol. The molecule has 0 aromatic carbocycles. The second kappa shape index (κ2) is 18.8. The van der Waals surface area contributed by atoms with E-state index in [0.717, 1.165) is 12.8 Å². The lowest BCUT2D eigenvalue weighted by Crippen LogP contribution is -2.20. The predicted octanol–water partition coefficient (Wildman–Crippen LogP) is 8.63. The van der Waals surface area contributed by atoms with Crippen LogP contribution in [0.2, 0.25) is 0 Å². The highest BCUT2D eigenvalue weighted by atomic mass is 16.4. The molecule has 0 spiro atoms. The van der Waals surface area contributed by atoms with Gasteiger partial charge in [-0.25, -0.2) is 0 Å². The topological polar surface area (TPSA) is 37.3 Å². The van der Waals surface area contributed by atoms with Crippen LogP contribution < -0.4 is 0 Å². The number of unbranched alkanes of at least 4 members (excludes halogenated alkanes) is 9. The highest BCUT2D eigenvalue weighted by Gasteiger charge is 2.24. The lowest BCUT2D eigenvalue weighted by atomic mass is 9.82. The maximum absolute atomic E-state index is 11.8. The Balaban J connectivity index is 3.99. The second-order valence-corrected chi connectivity index (χ2v) is 9.03. The Bertz CT molecular complexity index is 326. The van der Waals surface area contributed by atoms with Crippen LogP contribution in [0.15, 0.2) is 0 Å². The van der Waals surface area contributed by atoms with Crippen LogP contribution in [0.3, 0.4) is 0 Å². The van der Waals surface area contributed by atoms with Gasteiger partial charge in [0.2, 0.25) is 0 Å². The molecule has 1 N–H and O–H groups in total. The average Bonchev–Trinajstić information content (AvgIpc) is 2.64. The van der Waals surface area contributed by atoms with Crippen LogP contribution in [0, 0.1) is 17.8 Å². The Morgan fingerprint density at radius 1 is 0.667 bits per heavy atom. The number of rotatable bonds is 20. The van der Waals surface area contributed by atoms with Crippen molar-refractivity contribution in [2.24, 2.45) is 17.8 Å². The van der Waals surface area contributed by atoms with Crippen molar-refractivity contribution in [2.75, 3.05) is 0 Å². The van der Waals surface area contributed by atoms with E-state index in [-0.39, 0.29) is 5.92 Å². The van der Waals surface area contributed by atoms with E-state index in [1.165, 1.54) is 96.3 Å². The SMILES string of the molecule is CCCCCCCCCCCC(C)CC(CC(CCC)CCCC)C(=O)O. The molecule has 0 aromatic heterocycles. The van der Waals surface area contributed by atoms with E-state index in [0.29, 0.717) is 11.8 Å². The van der Waals surface area contributed by atoms with Gasteiger partial charge in [0.15, 0.2) is 0 Å². The average molecular weight is 383 g/mol. The van der Waals surface area contributed by atoms with Crippen molar-refractivity contribution >= 4 is 5.97 Å². The maximum Gasteiger partial charge on any atom is 0.306 e. The van der Waals surface area contributed by atoms with Crippen LogP contribution in [0.25, 0.3) is 0 Å². The highest BCUT2D eigenvalue weighted by molar-refractivity contribution is 5.69. The van der Waals surface area contributed by atoms with Gasteiger partial charge in [-0.05, 0) is 24.7 Å². The van der Waals surface area contributed by atoms with Gasteiger partial charge in [-0.15, -0.1) is 0 Å². The normalized spacial score (nSPS) is 14.8. The van der Waals surface area contributed by atoms with Gasteiger partial charge in [0.25, 0.3) is 0 Å². The molecule has 3 unspecified atom stereocenters. The number of carboxylic acid groups (broad SMARTS) is 1. The molecule has 162 valence electrons. The number of hydrogen-bond acceptors (Lipinski definition) is 1. The molecule has 0 aliphatic carbocycles. The fourth-order valence-corrected chi connectivity index (χ4v) is 4.39. The summed E-state index contributed by atoms with van der Waals surface area (Å²) in [6.45, 7) is 8.99. The summed E-state index contributed by atoms with van der Waals surface area (Å²) in [5, 5.41) is 9.69. The Morgan fingerprint density at radius 3 is 1.74 bits per heavy atom. The molecule has 2 nitrogen and oxygen atoms in total. The molecule has 3 atom stereocenters. The molecule has 0 aliphatic heterocycles. The van der Waals surface area contributed by atoms with E-state index < -0.39 is 5.97 Å². The quantitative estimate of drug-likeness (QED) is 0.214. The van der Waals surface area contributed by atoms with Crippen molar-refractivity contribution in [2.45, 2.75) is 137 Å². The van der Waals surface area contributed by atoms with Gasteiger partial charge in [0, 0.05) is 0 Å². The van der Waals surface area contributed by atoms with Gasteiger partial charge < -0.3 is 5.11 Å². The number of carbonyl (C=O) groups is 1. The van der Waals surface area contributed by atoms with E-state index in [2.05, 4.69) is 27.7 Å². The van der Waals surface area contributed by atoms with Crippen LogP contribution in [-0.2, 0) is 4.79 Å². The smallest absolute Gasteiger partial charge is 0.306 e. The van der Waals surface area contributed by atoms with Crippen LogP contribution in [0.1, 0.15) is 137 Å². The largest absolute Gasteiger partial charge is 0.481 e. The third kappa shape index (κ3) is 16.2. The van der Waals surface area contributed by atoms with Gasteiger partial charge in [-0.1, -0.05) is 124 Å². The third-order valence-corrected chi connectivity index (χ3v) is 6.12. The van der Waals surface area contributed by atoms with E-state index in [1.807, 2.05) is 0 Å². The molecule has 0 saturated heterocycles. The van der Waals surface area contributed by atoms with Crippen molar-refractivity contribution < 1.29 is 9.90 Å². The minimum absolute atomic E-state index is 0.132. The molecule has 0 amide bonds. The summed E-state index contributed by atoms with van der Waals surface area (Å²) in [5.41, 5.74) is 0. The zero-order valence-electron chi connectivity index (χ0n) is 19.1. The third-order valence-electron chi connectivity index (χ3n) is 6.12. The maximum atomic E-state index is 11.8. The molecule has 0 fully saturated rings. The van der Waals surface area contributed by atoms with Gasteiger partial charge >= 0.3 is 5.97 Å². The first-order chi connectivity index (χ1) is 13.0. The van der Waals surface area contributed by atoms with Crippen molar-refractivity contribution in [1.82, 2.24) is 0 Å². The Hall–Kier alpha value is -0.530. The zero-order valence-corrected chi connectivity index (χ0v) is 19.1. The first-order valence-corrected chi connectivity index (χ1v) is 12.3. The van der Waals surface area contributed by atoms with E-state index >= 15 is 0 Å². The highest BCUT2D eigenvalue weighted by Crippen LogP contribution is 2.29. The Labute approximate surface area is 170 Å². The standard InChI is InChI=1S/C25H50O2/c1-5-8-10-11-12-13-14-15-16-18-22(4)20-24(25(26)27)21-23(17-7-3)19-9-6-2/h22-24H,5-21H2,1-4H3,(H,26,27). The summed E-state index contributed by atoms with van der Waals surface area (Å²) in [4.78, 5) is 11.8. The van der Waals surface area contributed by atoms with Crippen LogP contribution in [-0.4, -0.2) is 11.1 Å². The van der Waals surface area contributed by atoms with Crippen molar-refractivity contribution in [1.29, 1.82) is 0 Å². The van der Waals surface area contributed by atoms with Gasteiger partial charge in [-0.3, -0.25) is 4.79 Å². The number of carboxylic acids is 1. The summed E-state index contributed by atoms with van der Waals surface area (Å²) in [7, 11) is 0. The first kappa shape index (κ1) is 26.5. The lowest BCUT2D eigenvalue weighted by molar-refractivity contribution is -0.143. The molecule has 0 heterocycles. The summed E-state index contributed by atoms with van der Waals surface area (Å²) in [6, 6.07) is 0. The minimum Gasteiger partial charge on any atom is -0.481 e. The van der Waals surface area contributed by atoms with E-state index in [4.69, 9.17) is 0 Å². The van der Waals surface area contributed by atoms with Crippen LogP contribution >= 0.6 is 0 Å². The van der Waals surface area contributed by atoms with Gasteiger partial charge in [0.1, 0.15) is 0 Å². The Kier molecular flexibility index (Phi) is 18.4. The van der Waals surface area contributed by atoms with Gasteiger partial charge in [0.05, 0.1) is 5.92 Å². The molecule has 2 heteroatoms. The number of aliphatic carboxylic acids is 1. The van der Waals surface area contributed by atoms with E-state index in [1.54, 1.807) is 0 Å². The Morgan fingerprint density at radius 2 is 1.22 bits per heavy atom. The van der Waals surface area contributed by atoms with Crippen LogP contribution in [0.4, 0.5) is 0 Å². The molecule has 0 radical (unpaired) electrons. The van der Waals surface area contributed by atoms with Crippen molar-refractivity contribution in [3.8, 4) is 0 Å². The number of hydrogen-bond donors (Lipinski definition) is 1. The minimum atomic E-state index is -0.563. The van der Waals surface area contributed by atoms with Gasteiger partial charge in [-0.2, -0.15) is 0 Å².